The van der Waals surface area contributed by atoms with Crippen molar-refractivity contribution >= 4 is 0 Å². The third-order valence-corrected chi connectivity index (χ3v) is 7.36. The van der Waals surface area contributed by atoms with E-state index in [4.69, 9.17) is 23.7 Å². The molecule has 0 bridgehead atoms. The summed E-state index contributed by atoms with van der Waals surface area (Å²) in [5, 5.41) is 70.5. The van der Waals surface area contributed by atoms with E-state index in [9.17, 15) is 35.7 Å². The van der Waals surface area contributed by atoms with Gasteiger partial charge in [0.1, 0.15) is 48.8 Å². The first-order chi connectivity index (χ1) is 18.7. The smallest absolute Gasteiger partial charge is 0.187 e. The zero-order valence-corrected chi connectivity index (χ0v) is 23.4. The predicted molar refractivity (Wildman–Crippen MR) is 140 cm³/mol. The van der Waals surface area contributed by atoms with Crippen molar-refractivity contribution in [2.75, 3.05) is 26.4 Å². The molecule has 232 valence electrons. The van der Waals surface area contributed by atoms with Crippen molar-refractivity contribution in [1.82, 2.24) is 0 Å². The maximum absolute atomic E-state index is 10.7. The highest BCUT2D eigenvalue weighted by Crippen LogP contribution is 2.29. The van der Waals surface area contributed by atoms with E-state index in [2.05, 4.69) is 6.92 Å². The van der Waals surface area contributed by atoms with Crippen LogP contribution in [-0.2, 0) is 23.7 Å². The zero-order chi connectivity index (χ0) is 28.8. The Bertz CT molecular complexity index is 624. The van der Waals surface area contributed by atoms with Crippen molar-refractivity contribution in [2.24, 2.45) is 0 Å². The molecule has 0 spiro atoms. The molecule has 0 aromatic rings. The van der Waals surface area contributed by atoms with E-state index in [0.717, 1.165) is 12.8 Å². The summed E-state index contributed by atoms with van der Waals surface area (Å²) in [6, 6.07) is 0. The van der Waals surface area contributed by atoms with Crippen LogP contribution in [0.4, 0.5) is 0 Å². The van der Waals surface area contributed by atoms with Crippen LogP contribution in [0, 0.1) is 0 Å². The van der Waals surface area contributed by atoms with Crippen molar-refractivity contribution in [3.05, 3.63) is 0 Å². The lowest BCUT2D eigenvalue weighted by Gasteiger charge is -2.46. The second-order valence-electron chi connectivity index (χ2n) is 10.7. The lowest BCUT2D eigenvalue weighted by molar-refractivity contribution is -0.360. The lowest BCUT2D eigenvalue weighted by Crippen LogP contribution is -2.64. The second-order valence-corrected chi connectivity index (χ2v) is 10.7. The average Bonchev–Trinajstić information content (AvgIpc) is 2.93. The maximum atomic E-state index is 10.7. The van der Waals surface area contributed by atoms with E-state index >= 15 is 0 Å². The summed E-state index contributed by atoms with van der Waals surface area (Å²) in [6.45, 7) is 3.46. The van der Waals surface area contributed by atoms with E-state index in [1.165, 1.54) is 51.4 Å². The zero-order valence-electron chi connectivity index (χ0n) is 23.4. The van der Waals surface area contributed by atoms with Crippen LogP contribution in [-0.4, -0.2) is 130 Å². The molecule has 12 heteroatoms. The molecule has 12 nitrogen and oxygen atoms in total. The predicted octanol–water partition coefficient (Wildman–Crippen LogP) is -0.0469. The molecule has 0 amide bonds. The Labute approximate surface area is 231 Å². The molecule has 0 aliphatic carbocycles. The summed E-state index contributed by atoms with van der Waals surface area (Å²) in [5.74, 6) is 0. The van der Waals surface area contributed by atoms with Gasteiger partial charge in [0.15, 0.2) is 12.6 Å². The van der Waals surface area contributed by atoms with Gasteiger partial charge in [-0.05, 0) is 13.3 Å². The first-order valence-electron chi connectivity index (χ1n) is 14.6. The highest BCUT2D eigenvalue weighted by molar-refractivity contribution is 4.94. The molecule has 39 heavy (non-hydrogen) atoms. The number of rotatable bonds is 19. The van der Waals surface area contributed by atoms with Crippen LogP contribution >= 0.6 is 0 Å². The van der Waals surface area contributed by atoms with Crippen molar-refractivity contribution in [2.45, 2.75) is 146 Å². The Morgan fingerprint density at radius 2 is 1.18 bits per heavy atom. The minimum Gasteiger partial charge on any atom is -0.394 e. The van der Waals surface area contributed by atoms with Crippen LogP contribution in [0.1, 0.15) is 78.1 Å². The van der Waals surface area contributed by atoms with Gasteiger partial charge in [0, 0.05) is 6.61 Å². The topological polar surface area (TPSA) is 188 Å². The molecule has 2 heterocycles. The van der Waals surface area contributed by atoms with Crippen LogP contribution in [0.2, 0.25) is 0 Å². The van der Waals surface area contributed by atoms with Crippen LogP contribution in [0.15, 0.2) is 0 Å². The van der Waals surface area contributed by atoms with Crippen LogP contribution in [0.5, 0.6) is 0 Å². The number of aliphatic hydroxyl groups is 7. The van der Waals surface area contributed by atoms with Crippen LogP contribution < -0.4 is 0 Å². The van der Waals surface area contributed by atoms with E-state index in [-0.39, 0.29) is 12.7 Å². The van der Waals surface area contributed by atoms with E-state index < -0.39 is 74.6 Å². The molecular weight excluding hydrogens is 516 g/mol. The number of hydrogen-bond acceptors (Lipinski definition) is 12. The molecule has 2 rings (SSSR count). The van der Waals surface area contributed by atoms with Gasteiger partial charge in [-0.15, -0.1) is 0 Å². The third-order valence-electron chi connectivity index (χ3n) is 7.36. The minimum atomic E-state index is -1.71. The molecule has 0 radical (unpaired) electrons. The van der Waals surface area contributed by atoms with Crippen molar-refractivity contribution in [1.29, 1.82) is 0 Å². The summed E-state index contributed by atoms with van der Waals surface area (Å²) in [4.78, 5) is 0. The Morgan fingerprint density at radius 3 is 1.77 bits per heavy atom. The van der Waals surface area contributed by atoms with Crippen molar-refractivity contribution < 1.29 is 59.4 Å². The Kier molecular flexibility index (Phi) is 16.8. The fraction of sp³-hybridized carbons (Fsp3) is 1.00. The van der Waals surface area contributed by atoms with Gasteiger partial charge in [0.25, 0.3) is 0 Å². The Morgan fingerprint density at radius 1 is 0.641 bits per heavy atom. The second kappa shape index (κ2) is 18.9. The molecule has 2 saturated heterocycles. The number of ether oxygens (including phenoxy) is 5. The maximum Gasteiger partial charge on any atom is 0.187 e. The average molecular weight is 569 g/mol. The first-order valence-corrected chi connectivity index (χ1v) is 14.6. The van der Waals surface area contributed by atoms with Gasteiger partial charge in [-0.2, -0.15) is 0 Å². The van der Waals surface area contributed by atoms with Crippen LogP contribution in [0.3, 0.4) is 0 Å². The molecule has 0 aromatic heterocycles. The van der Waals surface area contributed by atoms with Gasteiger partial charge in [0.05, 0.1) is 25.9 Å². The molecule has 0 saturated carbocycles. The molecule has 2 aliphatic heterocycles. The summed E-state index contributed by atoms with van der Waals surface area (Å²) < 4.78 is 27.9. The van der Waals surface area contributed by atoms with Gasteiger partial charge in [0.2, 0.25) is 0 Å². The van der Waals surface area contributed by atoms with Crippen molar-refractivity contribution in [3.8, 4) is 0 Å². The number of aliphatic hydroxyl groups excluding tert-OH is 7. The lowest BCUT2D eigenvalue weighted by atomic mass is 9.97. The molecule has 0 aromatic carbocycles. The third kappa shape index (κ3) is 11.0. The SMILES string of the molecule is CCCCCCCCCCCCOC(C)CO[C@@H]1O[C@H](CO)[C@@H](O[C@H]2O[C@H](CO)[C@@H](O)[C@H](O)[C@H]2O)[C@H](O)[C@H]1O. The summed E-state index contributed by atoms with van der Waals surface area (Å²) >= 11 is 0. The van der Waals surface area contributed by atoms with Gasteiger partial charge in [-0.3, -0.25) is 0 Å². The van der Waals surface area contributed by atoms with Crippen LogP contribution in [0.25, 0.3) is 0 Å². The summed E-state index contributed by atoms with van der Waals surface area (Å²) in [7, 11) is 0. The highest BCUT2D eigenvalue weighted by Gasteiger charge is 2.50. The molecule has 2 aliphatic rings. The number of unbranched alkanes of at least 4 members (excludes halogenated alkanes) is 9. The fourth-order valence-electron chi connectivity index (χ4n) is 4.85. The van der Waals surface area contributed by atoms with E-state index in [1.807, 2.05) is 6.92 Å². The quantitative estimate of drug-likeness (QED) is 0.103. The molecule has 2 fully saturated rings. The van der Waals surface area contributed by atoms with Gasteiger partial charge >= 0.3 is 0 Å². The Hall–Kier alpha value is -0.480. The highest BCUT2D eigenvalue weighted by atomic mass is 16.7. The van der Waals surface area contributed by atoms with E-state index in [0.29, 0.717) is 6.61 Å². The van der Waals surface area contributed by atoms with Gasteiger partial charge in [-0.1, -0.05) is 64.7 Å². The van der Waals surface area contributed by atoms with Gasteiger partial charge < -0.3 is 59.4 Å². The molecule has 1 unspecified atom stereocenters. The molecule has 11 atom stereocenters. The van der Waals surface area contributed by atoms with E-state index in [1.54, 1.807) is 0 Å². The normalized spacial score (nSPS) is 36.2. The molecule has 7 N–H and O–H groups in total. The summed E-state index contributed by atoms with van der Waals surface area (Å²) in [6.07, 6.45) is -2.65. The first kappa shape index (κ1) is 34.7. The Balaban J connectivity index is 1.70. The molecular formula is C27H52O12. The van der Waals surface area contributed by atoms with Crippen molar-refractivity contribution in [3.63, 3.8) is 0 Å². The monoisotopic (exact) mass is 568 g/mol. The fourth-order valence-corrected chi connectivity index (χ4v) is 4.85. The summed E-state index contributed by atoms with van der Waals surface area (Å²) in [5.41, 5.74) is 0. The minimum absolute atomic E-state index is 0.0859. The largest absolute Gasteiger partial charge is 0.394 e. The number of hydrogen-bond donors (Lipinski definition) is 7. The van der Waals surface area contributed by atoms with Gasteiger partial charge in [-0.25, -0.2) is 0 Å². The standard InChI is InChI=1S/C27H52O12/c1-3-4-5-6-7-8-9-10-11-12-13-35-17(2)16-36-26-24(34)22(32)25(19(15-29)38-26)39-27-23(33)21(31)20(30)18(14-28)37-27/h17-34H,3-16H2,1-2H3/t17?,18-,19-,20-,21+,22-,23-,24-,25-,26-,27-/m1/s1.